The van der Waals surface area contributed by atoms with Gasteiger partial charge in [0.15, 0.2) is 11.4 Å². The third kappa shape index (κ3) is 8.89. The molecule has 0 amide bonds. The number of halogens is 1. The molecule has 0 saturated heterocycles. The van der Waals surface area contributed by atoms with Gasteiger partial charge < -0.3 is 4.52 Å². The second kappa shape index (κ2) is 15.2. The number of fused-ring (bicyclic) bond motifs is 1. The van der Waals surface area contributed by atoms with E-state index in [1.807, 2.05) is 36.4 Å². The maximum absolute atomic E-state index is 13.1. The molecule has 2 aromatic carbocycles. The summed E-state index contributed by atoms with van der Waals surface area (Å²) in [5, 5.41) is 5.09. The third-order valence-electron chi connectivity index (χ3n) is 6.64. The van der Waals surface area contributed by atoms with Crippen LogP contribution in [-0.4, -0.2) is 10.9 Å². The molecular formula is C32H42FNO2. The number of hydrogen-bond acceptors (Lipinski definition) is 3. The number of benzene rings is 2. The second-order valence-corrected chi connectivity index (χ2v) is 9.44. The zero-order valence-corrected chi connectivity index (χ0v) is 22.6. The predicted octanol–water partition coefficient (Wildman–Crippen LogP) is 9.55. The zero-order valence-electron chi connectivity index (χ0n) is 22.6. The molecule has 4 rings (SSSR count). The molecule has 36 heavy (non-hydrogen) atoms. The van der Waals surface area contributed by atoms with Gasteiger partial charge in [-0.2, -0.15) is 0 Å². The van der Waals surface area contributed by atoms with Gasteiger partial charge in [-0.15, -0.1) is 0 Å². The van der Waals surface area contributed by atoms with Gasteiger partial charge in [0.05, 0.1) is 5.69 Å². The first-order valence-corrected chi connectivity index (χ1v) is 13.3. The van der Waals surface area contributed by atoms with E-state index in [0.717, 1.165) is 54.2 Å². The van der Waals surface area contributed by atoms with Crippen LogP contribution >= 0.6 is 0 Å². The Morgan fingerprint density at radius 1 is 1.03 bits per heavy atom. The predicted molar refractivity (Wildman–Crippen MR) is 149 cm³/mol. The fourth-order valence-electron chi connectivity index (χ4n) is 4.66. The molecule has 2 atom stereocenters. The Morgan fingerprint density at radius 2 is 1.64 bits per heavy atom. The van der Waals surface area contributed by atoms with Crippen molar-refractivity contribution in [2.75, 3.05) is 0 Å². The number of nitrogens with zero attached hydrogens (tertiary/aromatic N) is 1. The molecule has 4 heteroatoms. The van der Waals surface area contributed by atoms with Crippen molar-refractivity contribution in [3.05, 3.63) is 83.8 Å². The smallest absolute Gasteiger partial charge is 0.170 e. The SMILES string of the molecule is C=C1C(CC)C1CC.CC(=O)/C=C/c1ccccc1.CCCC(CCC)c1noc2cc(F)ccc12. The lowest BCUT2D eigenvalue weighted by Crippen LogP contribution is -1.99. The van der Waals surface area contributed by atoms with Crippen molar-refractivity contribution in [3.63, 3.8) is 0 Å². The van der Waals surface area contributed by atoms with E-state index in [0.29, 0.717) is 11.5 Å². The highest BCUT2D eigenvalue weighted by Gasteiger charge is 2.38. The monoisotopic (exact) mass is 491 g/mol. The van der Waals surface area contributed by atoms with Crippen LogP contribution in [0, 0.1) is 17.7 Å². The van der Waals surface area contributed by atoms with Crippen molar-refractivity contribution in [1.29, 1.82) is 0 Å². The normalized spacial score (nSPS) is 16.5. The third-order valence-corrected chi connectivity index (χ3v) is 6.64. The highest BCUT2D eigenvalue weighted by molar-refractivity contribution is 5.91. The summed E-state index contributed by atoms with van der Waals surface area (Å²) < 4.78 is 18.3. The van der Waals surface area contributed by atoms with Gasteiger partial charge in [-0.25, -0.2) is 4.39 Å². The zero-order chi connectivity index (χ0) is 26.5. The molecule has 0 spiro atoms. The van der Waals surface area contributed by atoms with Gasteiger partial charge in [0.25, 0.3) is 0 Å². The van der Waals surface area contributed by atoms with Crippen molar-refractivity contribution < 1.29 is 13.7 Å². The molecule has 0 aliphatic heterocycles. The van der Waals surface area contributed by atoms with Gasteiger partial charge in [-0.3, -0.25) is 4.79 Å². The van der Waals surface area contributed by atoms with Crippen LogP contribution in [0.2, 0.25) is 0 Å². The lowest BCUT2D eigenvalue weighted by molar-refractivity contribution is -0.112. The molecule has 3 aromatic rings. The van der Waals surface area contributed by atoms with Gasteiger partial charge >= 0.3 is 0 Å². The van der Waals surface area contributed by atoms with Crippen molar-refractivity contribution >= 4 is 22.8 Å². The van der Waals surface area contributed by atoms with Crippen LogP contribution in [-0.2, 0) is 4.79 Å². The summed E-state index contributed by atoms with van der Waals surface area (Å²) in [5.74, 6) is 2.01. The average molecular weight is 492 g/mol. The summed E-state index contributed by atoms with van der Waals surface area (Å²) in [6, 6.07) is 14.4. The lowest BCUT2D eigenvalue weighted by atomic mass is 9.93. The fourth-order valence-corrected chi connectivity index (χ4v) is 4.66. The molecule has 1 aromatic heterocycles. The Morgan fingerprint density at radius 3 is 2.14 bits per heavy atom. The van der Waals surface area contributed by atoms with Crippen LogP contribution in [0.1, 0.15) is 90.3 Å². The van der Waals surface area contributed by atoms with E-state index in [9.17, 15) is 9.18 Å². The van der Waals surface area contributed by atoms with Crippen LogP contribution in [0.25, 0.3) is 17.0 Å². The minimum absolute atomic E-state index is 0.0776. The summed E-state index contributed by atoms with van der Waals surface area (Å²) in [5.41, 5.74) is 4.10. The number of rotatable bonds is 9. The first-order valence-electron chi connectivity index (χ1n) is 13.3. The second-order valence-electron chi connectivity index (χ2n) is 9.44. The van der Waals surface area contributed by atoms with Gasteiger partial charge in [-0.1, -0.05) is 94.3 Å². The maximum atomic E-state index is 13.1. The minimum Gasteiger partial charge on any atom is -0.356 e. The molecule has 194 valence electrons. The molecule has 1 aliphatic rings. The summed E-state index contributed by atoms with van der Waals surface area (Å²) in [4.78, 5) is 10.5. The molecule has 3 nitrogen and oxygen atoms in total. The first-order chi connectivity index (χ1) is 17.4. The highest BCUT2D eigenvalue weighted by atomic mass is 19.1. The van der Waals surface area contributed by atoms with Gasteiger partial charge in [0, 0.05) is 17.4 Å². The van der Waals surface area contributed by atoms with Crippen LogP contribution in [0.15, 0.2) is 71.3 Å². The summed E-state index contributed by atoms with van der Waals surface area (Å²) in [6.45, 7) is 14.3. The molecule has 1 saturated carbocycles. The van der Waals surface area contributed by atoms with Crippen LogP contribution in [0.3, 0.4) is 0 Å². The molecule has 1 heterocycles. The van der Waals surface area contributed by atoms with Crippen molar-refractivity contribution in [2.45, 2.75) is 79.1 Å². The van der Waals surface area contributed by atoms with E-state index < -0.39 is 0 Å². The largest absolute Gasteiger partial charge is 0.356 e. The molecule has 1 aliphatic carbocycles. The van der Waals surface area contributed by atoms with Gasteiger partial charge in [-0.05, 0) is 68.2 Å². The number of carbonyl (C=O) groups is 1. The van der Waals surface area contributed by atoms with E-state index >= 15 is 0 Å². The summed E-state index contributed by atoms with van der Waals surface area (Å²) >= 11 is 0. The van der Waals surface area contributed by atoms with Crippen LogP contribution < -0.4 is 0 Å². The van der Waals surface area contributed by atoms with E-state index in [1.54, 1.807) is 19.1 Å². The number of aromatic nitrogens is 1. The summed E-state index contributed by atoms with van der Waals surface area (Å²) in [7, 11) is 0. The Labute approximate surface area is 216 Å². The van der Waals surface area contributed by atoms with Gasteiger partial charge in [0.2, 0.25) is 0 Å². The Kier molecular flexibility index (Phi) is 12.3. The van der Waals surface area contributed by atoms with Crippen molar-refractivity contribution in [2.24, 2.45) is 11.8 Å². The topological polar surface area (TPSA) is 43.1 Å². The molecular weight excluding hydrogens is 449 g/mol. The quantitative estimate of drug-likeness (QED) is 0.221. The Balaban J connectivity index is 0.000000206. The number of carbonyl (C=O) groups excluding carboxylic acids is 1. The van der Waals surface area contributed by atoms with Crippen LogP contribution in [0.5, 0.6) is 0 Å². The van der Waals surface area contributed by atoms with Gasteiger partial charge in [0.1, 0.15) is 5.82 Å². The number of allylic oxidation sites excluding steroid dienone is 2. The van der Waals surface area contributed by atoms with Crippen molar-refractivity contribution in [1.82, 2.24) is 5.16 Å². The van der Waals surface area contributed by atoms with E-state index in [4.69, 9.17) is 4.52 Å². The Bertz CT molecular complexity index is 1100. The van der Waals surface area contributed by atoms with E-state index in [1.165, 1.54) is 30.5 Å². The number of ketones is 1. The standard InChI is InChI=1S/C14H18FNO.C10H10O.C8H14/c1-3-5-10(6-4-2)14-12-8-7-11(15)9-13(12)17-16-14;1-9(11)7-8-10-5-3-2-4-6-10;1-4-7-6(3)8(7)5-2/h7-10H,3-6H2,1-2H3;2-8H,1H3;7-8H,3-5H2,1-2H3/b;8-7+;. The minimum atomic E-state index is -0.275. The first kappa shape index (κ1) is 29.2. The maximum Gasteiger partial charge on any atom is 0.170 e. The highest BCUT2D eigenvalue weighted by Crippen LogP contribution is 2.48. The average Bonchev–Trinajstić information content (AvgIpc) is 3.33. The molecule has 0 bridgehead atoms. The van der Waals surface area contributed by atoms with Crippen LogP contribution in [0.4, 0.5) is 4.39 Å². The fraction of sp³-hybridized carbons (Fsp3) is 0.438. The van der Waals surface area contributed by atoms with E-state index in [2.05, 4.69) is 39.4 Å². The Hall–Kier alpha value is -3.01. The molecule has 0 radical (unpaired) electrons. The molecule has 0 N–H and O–H groups in total. The number of hydrogen-bond donors (Lipinski definition) is 0. The van der Waals surface area contributed by atoms with Crippen molar-refractivity contribution in [3.8, 4) is 0 Å². The van der Waals surface area contributed by atoms with E-state index in [-0.39, 0.29) is 11.6 Å². The summed E-state index contributed by atoms with van der Waals surface area (Å²) in [6.07, 6.45) is 10.4. The molecule has 1 fully saturated rings. The molecule has 2 unspecified atom stereocenters. The lowest BCUT2D eigenvalue weighted by Gasteiger charge is -2.11.